The van der Waals surface area contributed by atoms with Gasteiger partial charge < -0.3 is 0 Å². The number of rotatable bonds is 6. The molecule has 0 fully saturated rings. The van der Waals surface area contributed by atoms with Gasteiger partial charge in [0.25, 0.3) is 0 Å². The second-order valence-electron chi connectivity index (χ2n) is 5.99. The molecular formula is C18H20N2O2S3. The largest absolute Gasteiger partial charge is 0.241 e. The highest BCUT2D eigenvalue weighted by atomic mass is 32.2. The van der Waals surface area contributed by atoms with Gasteiger partial charge in [-0.25, -0.2) is 18.1 Å². The molecule has 1 N–H and O–H groups in total. The van der Waals surface area contributed by atoms with E-state index >= 15 is 0 Å². The number of hydrogen-bond donors (Lipinski definition) is 1. The Labute approximate surface area is 156 Å². The van der Waals surface area contributed by atoms with E-state index in [4.69, 9.17) is 0 Å². The van der Waals surface area contributed by atoms with Crippen molar-refractivity contribution in [3.63, 3.8) is 0 Å². The average Bonchev–Trinajstić information content (AvgIpc) is 3.19. The smallest absolute Gasteiger partial charge is 0.241 e. The number of aryl methyl sites for hydroxylation is 2. The van der Waals surface area contributed by atoms with Crippen LogP contribution < -0.4 is 4.72 Å². The molecule has 1 aromatic carbocycles. The fourth-order valence-corrected chi connectivity index (χ4v) is 6.10. The lowest BCUT2D eigenvalue weighted by atomic mass is 10.0. The summed E-state index contributed by atoms with van der Waals surface area (Å²) in [6.45, 7) is 6.16. The Bertz CT molecular complexity index is 959. The number of thiazole rings is 1. The Morgan fingerprint density at radius 3 is 2.56 bits per heavy atom. The average molecular weight is 393 g/mol. The Hall–Kier alpha value is -1.54. The van der Waals surface area contributed by atoms with Crippen LogP contribution in [0.15, 0.2) is 46.7 Å². The fraction of sp³-hybridized carbons (Fsp3) is 0.278. The highest BCUT2D eigenvalue weighted by Crippen LogP contribution is 2.35. The maximum Gasteiger partial charge on any atom is 0.241 e. The number of nitrogens with zero attached hydrogens (tertiary/aromatic N) is 1. The zero-order chi connectivity index (χ0) is 18.0. The molecule has 4 nitrogen and oxygen atoms in total. The van der Waals surface area contributed by atoms with Crippen LogP contribution in [0.3, 0.4) is 0 Å². The van der Waals surface area contributed by atoms with E-state index < -0.39 is 10.0 Å². The molecule has 7 heteroatoms. The highest BCUT2D eigenvalue weighted by molar-refractivity contribution is 7.89. The SMILES string of the molecule is Cc1csc(-c2cc(S(=O)(=O)NC[C@@H](C)c3ccccc3)c(C)s2)n1. The number of aromatic nitrogens is 1. The summed E-state index contributed by atoms with van der Waals surface area (Å²) in [7, 11) is -3.54. The van der Waals surface area contributed by atoms with Crippen LogP contribution in [0.5, 0.6) is 0 Å². The van der Waals surface area contributed by atoms with Gasteiger partial charge in [0.15, 0.2) is 0 Å². The van der Waals surface area contributed by atoms with Gasteiger partial charge in [0.05, 0.1) is 9.77 Å². The molecule has 0 saturated carbocycles. The van der Waals surface area contributed by atoms with Crippen molar-refractivity contribution in [3.8, 4) is 9.88 Å². The first-order chi connectivity index (χ1) is 11.9. The molecular weight excluding hydrogens is 372 g/mol. The topological polar surface area (TPSA) is 59.1 Å². The van der Waals surface area contributed by atoms with Gasteiger partial charge >= 0.3 is 0 Å². The Morgan fingerprint density at radius 2 is 1.92 bits per heavy atom. The standard InChI is InChI=1S/C18H20N2O2S3/c1-12(15-7-5-4-6-8-15)10-19-25(21,22)17-9-16(24-14(17)3)18-20-13(2)11-23-18/h4-9,11-12,19H,10H2,1-3H3/t12-/m1/s1. The number of benzene rings is 1. The van der Waals surface area contributed by atoms with Crippen LogP contribution >= 0.6 is 22.7 Å². The Balaban J connectivity index is 1.77. The van der Waals surface area contributed by atoms with Crippen molar-refractivity contribution >= 4 is 32.7 Å². The number of hydrogen-bond acceptors (Lipinski definition) is 5. The van der Waals surface area contributed by atoms with Crippen molar-refractivity contribution < 1.29 is 8.42 Å². The monoisotopic (exact) mass is 392 g/mol. The van der Waals surface area contributed by atoms with E-state index in [9.17, 15) is 8.42 Å². The predicted octanol–water partition coefficient (Wildman–Crippen LogP) is 4.57. The summed E-state index contributed by atoms with van der Waals surface area (Å²) in [5, 5.41) is 2.84. The first-order valence-electron chi connectivity index (χ1n) is 7.94. The molecule has 1 atom stereocenters. The Morgan fingerprint density at radius 1 is 1.20 bits per heavy atom. The van der Waals surface area contributed by atoms with Crippen LogP contribution in [-0.2, 0) is 10.0 Å². The molecule has 0 aliphatic carbocycles. The first-order valence-corrected chi connectivity index (χ1v) is 11.1. The summed E-state index contributed by atoms with van der Waals surface area (Å²) < 4.78 is 28.2. The maximum atomic E-state index is 12.7. The predicted molar refractivity (Wildman–Crippen MR) is 105 cm³/mol. The highest BCUT2D eigenvalue weighted by Gasteiger charge is 2.22. The van der Waals surface area contributed by atoms with Crippen LogP contribution in [0, 0.1) is 13.8 Å². The van der Waals surface area contributed by atoms with Crippen molar-refractivity contribution in [2.45, 2.75) is 31.6 Å². The van der Waals surface area contributed by atoms with E-state index in [0.29, 0.717) is 11.4 Å². The molecule has 3 aromatic rings. The zero-order valence-corrected chi connectivity index (χ0v) is 16.8. The quantitative estimate of drug-likeness (QED) is 0.668. The molecule has 2 heterocycles. The van der Waals surface area contributed by atoms with Crippen molar-refractivity contribution in [2.24, 2.45) is 0 Å². The van der Waals surface area contributed by atoms with E-state index in [2.05, 4.69) is 9.71 Å². The van der Waals surface area contributed by atoms with Crippen molar-refractivity contribution in [1.29, 1.82) is 0 Å². The lowest BCUT2D eigenvalue weighted by Crippen LogP contribution is -2.27. The van der Waals surface area contributed by atoms with Crippen molar-refractivity contribution in [1.82, 2.24) is 9.71 Å². The molecule has 0 amide bonds. The molecule has 0 saturated heterocycles. The van der Waals surface area contributed by atoms with E-state index in [-0.39, 0.29) is 5.92 Å². The number of sulfonamides is 1. The van der Waals surface area contributed by atoms with Gasteiger partial charge in [-0.2, -0.15) is 0 Å². The van der Waals surface area contributed by atoms with Gasteiger partial charge in [-0.05, 0) is 31.4 Å². The van der Waals surface area contributed by atoms with E-state index in [1.807, 2.05) is 56.5 Å². The van der Waals surface area contributed by atoms with Gasteiger partial charge in [0.1, 0.15) is 5.01 Å². The van der Waals surface area contributed by atoms with Gasteiger partial charge in [-0.15, -0.1) is 22.7 Å². The fourth-order valence-electron chi connectivity index (χ4n) is 2.52. The molecule has 0 bridgehead atoms. The molecule has 0 radical (unpaired) electrons. The van der Waals surface area contributed by atoms with Crippen LogP contribution in [0.2, 0.25) is 0 Å². The number of thiophene rings is 1. The minimum Gasteiger partial charge on any atom is -0.241 e. The van der Waals surface area contributed by atoms with Gasteiger partial charge in [-0.1, -0.05) is 37.3 Å². The summed E-state index contributed by atoms with van der Waals surface area (Å²) in [5.41, 5.74) is 2.07. The third-order valence-corrected chi connectivity index (χ3v) is 7.80. The van der Waals surface area contributed by atoms with Crippen molar-refractivity contribution in [3.05, 3.63) is 57.9 Å². The van der Waals surface area contributed by atoms with Crippen LogP contribution in [0.25, 0.3) is 9.88 Å². The molecule has 0 aliphatic rings. The molecule has 0 aliphatic heterocycles. The van der Waals surface area contributed by atoms with E-state index in [1.54, 1.807) is 6.07 Å². The summed E-state index contributed by atoms with van der Waals surface area (Å²) in [6.07, 6.45) is 0. The zero-order valence-electron chi connectivity index (χ0n) is 14.3. The minimum atomic E-state index is -3.54. The lowest BCUT2D eigenvalue weighted by Gasteiger charge is -2.13. The number of nitrogens with one attached hydrogen (secondary N) is 1. The van der Waals surface area contributed by atoms with Gasteiger partial charge in [0.2, 0.25) is 10.0 Å². The molecule has 2 aromatic heterocycles. The maximum absolute atomic E-state index is 12.7. The van der Waals surface area contributed by atoms with Crippen LogP contribution in [0.4, 0.5) is 0 Å². The summed E-state index contributed by atoms with van der Waals surface area (Å²) in [5.74, 6) is 0.107. The molecule has 0 spiro atoms. The first kappa shape index (κ1) is 18.3. The van der Waals surface area contributed by atoms with Gasteiger partial charge in [-0.3, -0.25) is 0 Å². The van der Waals surface area contributed by atoms with E-state index in [1.165, 1.54) is 22.7 Å². The van der Waals surface area contributed by atoms with Gasteiger partial charge in [0, 0.05) is 22.5 Å². The second kappa shape index (κ2) is 7.37. The lowest BCUT2D eigenvalue weighted by molar-refractivity contribution is 0.575. The molecule has 3 rings (SSSR count). The second-order valence-corrected chi connectivity index (χ2v) is 9.84. The summed E-state index contributed by atoms with van der Waals surface area (Å²) in [6, 6.07) is 11.6. The summed E-state index contributed by atoms with van der Waals surface area (Å²) >= 11 is 3.00. The normalized spacial score (nSPS) is 13.1. The third kappa shape index (κ3) is 4.17. The molecule has 0 unspecified atom stereocenters. The van der Waals surface area contributed by atoms with Crippen LogP contribution in [0.1, 0.15) is 29.0 Å². The summed E-state index contributed by atoms with van der Waals surface area (Å²) in [4.78, 5) is 6.47. The third-order valence-electron chi connectivity index (χ3n) is 3.94. The Kier molecular flexibility index (Phi) is 5.38. The van der Waals surface area contributed by atoms with E-state index in [0.717, 1.165) is 26.0 Å². The minimum absolute atomic E-state index is 0.107. The van der Waals surface area contributed by atoms with Crippen LogP contribution in [-0.4, -0.2) is 19.9 Å². The molecule has 25 heavy (non-hydrogen) atoms. The molecule has 132 valence electrons. The van der Waals surface area contributed by atoms with Crippen molar-refractivity contribution in [2.75, 3.05) is 6.54 Å².